The van der Waals surface area contributed by atoms with Gasteiger partial charge >= 0.3 is 0 Å². The van der Waals surface area contributed by atoms with E-state index in [1.54, 1.807) is 24.3 Å². The number of nitrogens with one attached hydrogen (secondary N) is 2. The Balaban J connectivity index is 1.43. The molecule has 0 saturated carbocycles. The zero-order chi connectivity index (χ0) is 22.2. The Morgan fingerprint density at radius 3 is 2.31 bits per heavy atom. The van der Waals surface area contributed by atoms with E-state index in [-0.39, 0.29) is 18.5 Å². The van der Waals surface area contributed by atoms with Crippen molar-refractivity contribution in [2.45, 2.75) is 13.2 Å². The topological polar surface area (TPSA) is 115 Å². The third kappa shape index (κ3) is 5.57. The number of hydrogen-bond donors (Lipinski definition) is 3. The summed E-state index contributed by atoms with van der Waals surface area (Å²) in [4.78, 5) is 25.3. The Bertz CT molecular complexity index is 1190. The molecule has 0 saturated heterocycles. The fourth-order valence-corrected chi connectivity index (χ4v) is 3.00. The molecule has 0 fully saturated rings. The lowest BCUT2D eigenvalue weighted by atomic mass is 10.1. The molecule has 0 aliphatic carbocycles. The normalized spacial score (nSPS) is 10.4. The van der Waals surface area contributed by atoms with Crippen molar-refractivity contribution >= 4 is 23.5 Å². The van der Waals surface area contributed by atoms with Gasteiger partial charge in [-0.15, -0.1) is 0 Å². The van der Waals surface area contributed by atoms with E-state index < -0.39 is 0 Å². The minimum atomic E-state index is -0.231. The number of rotatable bonds is 8. The molecule has 4 aromatic rings. The minimum Gasteiger partial charge on any atom is -0.485 e. The van der Waals surface area contributed by atoms with Crippen molar-refractivity contribution in [2.75, 3.05) is 11.1 Å². The molecular formula is C24H22N6O2. The van der Waals surface area contributed by atoms with Crippen molar-refractivity contribution in [3.8, 4) is 5.75 Å². The first kappa shape index (κ1) is 20.8. The van der Waals surface area contributed by atoms with Crippen LogP contribution in [0.25, 0.3) is 0 Å². The lowest BCUT2D eigenvalue weighted by molar-refractivity contribution is 0.0946. The van der Waals surface area contributed by atoms with E-state index in [4.69, 9.17) is 10.5 Å². The second kappa shape index (κ2) is 10.0. The van der Waals surface area contributed by atoms with E-state index >= 15 is 0 Å². The largest absolute Gasteiger partial charge is 0.485 e. The zero-order valence-corrected chi connectivity index (χ0v) is 17.2. The van der Waals surface area contributed by atoms with E-state index in [0.29, 0.717) is 29.6 Å². The van der Waals surface area contributed by atoms with Gasteiger partial charge in [0, 0.05) is 12.2 Å². The highest BCUT2D eigenvalue weighted by molar-refractivity contribution is 5.96. The average molecular weight is 426 g/mol. The number of carbonyl (C=O) groups excluding carboxylic acids is 1. The molecule has 0 aliphatic heterocycles. The molecule has 0 atom stereocenters. The Morgan fingerprint density at radius 1 is 0.844 bits per heavy atom. The predicted octanol–water partition coefficient (Wildman–Crippen LogP) is 3.71. The van der Waals surface area contributed by atoms with Crippen LogP contribution in [0.15, 0.2) is 84.9 Å². The Hall–Kier alpha value is -4.46. The standard InChI is InChI=1S/C24H22N6O2/c25-23-28-21(29-24(30-23)27-18-11-5-2-6-12-18)16-32-20-14-8-7-13-19(20)22(31)26-15-17-9-3-1-4-10-17/h1-14H,15-16H2,(H,26,31)(H3,25,27,28,29,30). The van der Waals surface area contributed by atoms with Crippen LogP contribution in [0.3, 0.4) is 0 Å². The number of nitrogens with zero attached hydrogens (tertiary/aromatic N) is 3. The van der Waals surface area contributed by atoms with Crippen molar-refractivity contribution in [3.63, 3.8) is 0 Å². The maximum Gasteiger partial charge on any atom is 0.255 e. The van der Waals surface area contributed by atoms with Crippen LogP contribution in [0.2, 0.25) is 0 Å². The van der Waals surface area contributed by atoms with Crippen LogP contribution in [0, 0.1) is 0 Å². The summed E-state index contributed by atoms with van der Waals surface area (Å²) in [5.74, 6) is 0.929. The molecule has 0 radical (unpaired) electrons. The van der Waals surface area contributed by atoms with E-state index in [1.807, 2.05) is 60.7 Å². The summed E-state index contributed by atoms with van der Waals surface area (Å²) in [6.45, 7) is 0.450. The first-order valence-corrected chi connectivity index (χ1v) is 10.0. The maximum absolute atomic E-state index is 12.7. The average Bonchev–Trinajstić information content (AvgIpc) is 2.82. The molecule has 1 amide bonds. The van der Waals surface area contributed by atoms with Crippen LogP contribution in [-0.2, 0) is 13.2 Å². The van der Waals surface area contributed by atoms with Gasteiger partial charge in [0.2, 0.25) is 11.9 Å². The van der Waals surface area contributed by atoms with Crippen molar-refractivity contribution in [1.29, 1.82) is 0 Å². The molecule has 0 bridgehead atoms. The second-order valence-electron chi connectivity index (χ2n) is 6.88. The number of ether oxygens (including phenoxy) is 1. The van der Waals surface area contributed by atoms with E-state index in [2.05, 4.69) is 25.6 Å². The van der Waals surface area contributed by atoms with Gasteiger partial charge in [-0.25, -0.2) is 0 Å². The molecule has 32 heavy (non-hydrogen) atoms. The van der Waals surface area contributed by atoms with Crippen molar-refractivity contribution in [3.05, 3.63) is 102 Å². The quantitative estimate of drug-likeness (QED) is 0.393. The summed E-state index contributed by atoms with van der Waals surface area (Å²) in [5.41, 5.74) is 8.09. The van der Waals surface area contributed by atoms with Crippen LogP contribution < -0.4 is 21.1 Å². The number of hydrogen-bond acceptors (Lipinski definition) is 7. The number of anilines is 3. The highest BCUT2D eigenvalue weighted by atomic mass is 16.5. The fourth-order valence-electron chi connectivity index (χ4n) is 3.00. The van der Waals surface area contributed by atoms with Gasteiger partial charge in [0.05, 0.1) is 5.56 Å². The number of benzene rings is 3. The Kier molecular flexibility index (Phi) is 6.52. The number of nitrogen functional groups attached to an aromatic ring is 1. The molecule has 0 spiro atoms. The molecule has 8 heteroatoms. The summed E-state index contributed by atoms with van der Waals surface area (Å²) in [7, 11) is 0. The Labute approximate surface area is 185 Å². The highest BCUT2D eigenvalue weighted by Gasteiger charge is 2.13. The predicted molar refractivity (Wildman–Crippen MR) is 122 cm³/mol. The molecule has 3 aromatic carbocycles. The smallest absolute Gasteiger partial charge is 0.255 e. The van der Waals surface area contributed by atoms with Crippen LogP contribution >= 0.6 is 0 Å². The van der Waals surface area contributed by atoms with Crippen LogP contribution in [0.4, 0.5) is 17.6 Å². The third-order valence-corrected chi connectivity index (χ3v) is 4.51. The van der Waals surface area contributed by atoms with Gasteiger partial charge in [0.25, 0.3) is 5.91 Å². The summed E-state index contributed by atoms with van der Waals surface area (Å²) in [6, 6.07) is 26.2. The van der Waals surface area contributed by atoms with Crippen molar-refractivity contribution in [1.82, 2.24) is 20.3 Å². The van der Waals surface area contributed by atoms with Gasteiger partial charge in [0.15, 0.2) is 5.82 Å². The van der Waals surface area contributed by atoms with E-state index in [9.17, 15) is 4.79 Å². The number of carbonyl (C=O) groups is 1. The molecule has 4 N–H and O–H groups in total. The van der Waals surface area contributed by atoms with Crippen LogP contribution in [-0.4, -0.2) is 20.9 Å². The summed E-state index contributed by atoms with van der Waals surface area (Å²) in [5, 5.41) is 5.99. The van der Waals surface area contributed by atoms with Crippen LogP contribution in [0.5, 0.6) is 5.75 Å². The number of para-hydroxylation sites is 2. The molecular weight excluding hydrogens is 404 g/mol. The maximum atomic E-state index is 12.7. The summed E-state index contributed by atoms with van der Waals surface area (Å²) in [6.07, 6.45) is 0. The molecule has 0 unspecified atom stereocenters. The highest BCUT2D eigenvalue weighted by Crippen LogP contribution is 2.20. The summed E-state index contributed by atoms with van der Waals surface area (Å²) >= 11 is 0. The molecule has 1 aromatic heterocycles. The molecule has 160 valence electrons. The molecule has 8 nitrogen and oxygen atoms in total. The van der Waals surface area contributed by atoms with Gasteiger partial charge in [-0.3, -0.25) is 4.79 Å². The Morgan fingerprint density at radius 2 is 1.53 bits per heavy atom. The first-order chi connectivity index (χ1) is 15.7. The van der Waals surface area contributed by atoms with Crippen molar-refractivity contribution < 1.29 is 9.53 Å². The molecule has 0 aliphatic rings. The fraction of sp³-hybridized carbons (Fsp3) is 0.0833. The van der Waals surface area contributed by atoms with Gasteiger partial charge in [-0.1, -0.05) is 60.7 Å². The van der Waals surface area contributed by atoms with Crippen molar-refractivity contribution in [2.24, 2.45) is 0 Å². The molecule has 1 heterocycles. The monoisotopic (exact) mass is 426 g/mol. The van der Waals surface area contributed by atoms with E-state index in [1.165, 1.54) is 0 Å². The SMILES string of the molecule is Nc1nc(COc2ccccc2C(=O)NCc2ccccc2)nc(Nc2ccccc2)n1. The number of amides is 1. The van der Waals surface area contributed by atoms with Crippen LogP contribution in [0.1, 0.15) is 21.7 Å². The number of nitrogens with two attached hydrogens (primary N) is 1. The first-order valence-electron chi connectivity index (χ1n) is 10.0. The second-order valence-corrected chi connectivity index (χ2v) is 6.88. The molecule has 4 rings (SSSR count). The third-order valence-electron chi connectivity index (χ3n) is 4.51. The van der Waals surface area contributed by atoms with Gasteiger partial charge in [-0.2, -0.15) is 15.0 Å². The lowest BCUT2D eigenvalue weighted by Crippen LogP contribution is -2.23. The van der Waals surface area contributed by atoms with Gasteiger partial charge in [0.1, 0.15) is 12.4 Å². The zero-order valence-electron chi connectivity index (χ0n) is 17.2. The minimum absolute atomic E-state index is 0.0270. The van der Waals surface area contributed by atoms with Gasteiger partial charge < -0.3 is 21.1 Å². The van der Waals surface area contributed by atoms with E-state index in [0.717, 1.165) is 11.3 Å². The lowest BCUT2D eigenvalue weighted by Gasteiger charge is -2.12. The number of aromatic nitrogens is 3. The summed E-state index contributed by atoms with van der Waals surface area (Å²) < 4.78 is 5.86. The van der Waals surface area contributed by atoms with Gasteiger partial charge in [-0.05, 0) is 29.8 Å².